The van der Waals surface area contributed by atoms with Gasteiger partial charge < -0.3 is 4.90 Å². The molecule has 3 heterocycles. The van der Waals surface area contributed by atoms with E-state index in [-0.39, 0.29) is 5.56 Å². The van der Waals surface area contributed by atoms with E-state index in [0.29, 0.717) is 23.9 Å². The average molecular weight is 335 g/mol. The summed E-state index contributed by atoms with van der Waals surface area (Å²) in [6.07, 6.45) is 6.05. The van der Waals surface area contributed by atoms with Gasteiger partial charge in [-0.15, -0.1) is 0 Å². The summed E-state index contributed by atoms with van der Waals surface area (Å²) in [5.74, 6) is 1.95. The van der Waals surface area contributed by atoms with E-state index >= 15 is 0 Å². The second kappa shape index (κ2) is 6.67. The van der Waals surface area contributed by atoms with Crippen LogP contribution in [0.15, 0.2) is 35.3 Å². The molecule has 2 aliphatic rings. The van der Waals surface area contributed by atoms with Crippen LogP contribution < -0.4 is 10.5 Å². The fourth-order valence-electron chi connectivity index (χ4n) is 3.42. The van der Waals surface area contributed by atoms with E-state index in [9.17, 15) is 4.79 Å². The van der Waals surface area contributed by atoms with Gasteiger partial charge in [0.1, 0.15) is 11.9 Å². The summed E-state index contributed by atoms with van der Waals surface area (Å²) in [5, 5.41) is 13.4. The van der Waals surface area contributed by atoms with Crippen molar-refractivity contribution in [1.29, 1.82) is 5.26 Å². The Balaban J connectivity index is 1.38. The Morgan fingerprint density at radius 1 is 1.12 bits per heavy atom. The number of nitrogens with zero attached hydrogens (tertiary/aromatic N) is 5. The van der Waals surface area contributed by atoms with Crippen molar-refractivity contribution in [2.24, 2.45) is 5.92 Å². The van der Waals surface area contributed by atoms with Crippen molar-refractivity contribution in [1.82, 2.24) is 14.8 Å². The van der Waals surface area contributed by atoms with Crippen LogP contribution in [0.1, 0.15) is 42.9 Å². The summed E-state index contributed by atoms with van der Waals surface area (Å²) in [6, 6.07) is 9.35. The van der Waals surface area contributed by atoms with Gasteiger partial charge >= 0.3 is 0 Å². The van der Waals surface area contributed by atoms with Crippen LogP contribution in [0.3, 0.4) is 0 Å². The number of hydrogen-bond acceptors (Lipinski definition) is 5. The molecule has 25 heavy (non-hydrogen) atoms. The molecule has 0 bridgehead atoms. The van der Waals surface area contributed by atoms with Crippen LogP contribution in [0, 0.1) is 17.2 Å². The molecule has 0 radical (unpaired) electrons. The van der Waals surface area contributed by atoms with Crippen molar-refractivity contribution in [2.75, 3.05) is 18.0 Å². The molecule has 1 saturated heterocycles. The van der Waals surface area contributed by atoms with Crippen LogP contribution >= 0.6 is 0 Å². The lowest BCUT2D eigenvalue weighted by Gasteiger charge is -2.32. The first kappa shape index (κ1) is 15.8. The zero-order valence-electron chi connectivity index (χ0n) is 14.1. The third kappa shape index (κ3) is 3.55. The zero-order valence-corrected chi connectivity index (χ0v) is 14.1. The van der Waals surface area contributed by atoms with E-state index in [2.05, 4.69) is 21.1 Å². The van der Waals surface area contributed by atoms with E-state index in [1.165, 1.54) is 12.8 Å². The lowest BCUT2D eigenvalue weighted by Crippen LogP contribution is -2.37. The first-order valence-electron chi connectivity index (χ1n) is 8.92. The van der Waals surface area contributed by atoms with Gasteiger partial charge in [-0.1, -0.05) is 0 Å². The van der Waals surface area contributed by atoms with E-state index in [0.717, 1.165) is 37.4 Å². The highest BCUT2D eigenvalue weighted by atomic mass is 16.1. The van der Waals surface area contributed by atoms with Crippen molar-refractivity contribution in [3.63, 3.8) is 0 Å². The number of pyridine rings is 1. The molecule has 0 spiro atoms. The molecule has 0 amide bonds. The highest BCUT2D eigenvalue weighted by molar-refractivity contribution is 5.42. The Bertz CT molecular complexity index is 839. The lowest BCUT2D eigenvalue weighted by molar-refractivity contribution is 0.333. The molecule has 2 aromatic rings. The van der Waals surface area contributed by atoms with E-state index in [4.69, 9.17) is 5.26 Å². The van der Waals surface area contributed by atoms with Gasteiger partial charge in [0.05, 0.1) is 11.3 Å². The first-order chi connectivity index (χ1) is 12.2. The van der Waals surface area contributed by atoms with Crippen LogP contribution in [-0.2, 0) is 6.54 Å². The molecule has 6 heteroatoms. The molecule has 1 aliphatic carbocycles. The average Bonchev–Trinajstić information content (AvgIpc) is 3.49. The summed E-state index contributed by atoms with van der Waals surface area (Å²) in [5.41, 5.74) is 1.65. The monoisotopic (exact) mass is 335 g/mol. The Kier molecular flexibility index (Phi) is 4.22. The van der Waals surface area contributed by atoms with Gasteiger partial charge in [-0.3, -0.25) is 4.79 Å². The second-order valence-electron chi connectivity index (χ2n) is 7.00. The molecule has 6 nitrogen and oxygen atoms in total. The van der Waals surface area contributed by atoms with Gasteiger partial charge in [0.15, 0.2) is 0 Å². The predicted octanol–water partition coefficient (Wildman–Crippen LogP) is 2.30. The molecule has 4 rings (SSSR count). The van der Waals surface area contributed by atoms with Gasteiger partial charge in [-0.25, -0.2) is 9.67 Å². The minimum Gasteiger partial charge on any atom is -0.357 e. The second-order valence-corrected chi connectivity index (χ2v) is 7.00. The minimum absolute atomic E-state index is 0.000545. The Morgan fingerprint density at radius 3 is 2.56 bits per heavy atom. The van der Waals surface area contributed by atoms with Crippen LogP contribution in [-0.4, -0.2) is 27.9 Å². The Hall–Kier alpha value is -2.68. The molecule has 0 atom stereocenters. The SMILES string of the molecule is N#Cc1ccc(N2CCC(Cn3nc(C4CC4)ccc3=O)CC2)nc1. The quantitative estimate of drug-likeness (QED) is 0.857. The summed E-state index contributed by atoms with van der Waals surface area (Å²) in [7, 11) is 0. The smallest absolute Gasteiger partial charge is 0.266 e. The number of hydrogen-bond donors (Lipinski definition) is 0. The first-order valence-corrected chi connectivity index (χ1v) is 8.92. The Morgan fingerprint density at radius 2 is 1.92 bits per heavy atom. The molecule has 2 fully saturated rings. The number of rotatable bonds is 4. The number of anilines is 1. The van der Waals surface area contributed by atoms with Gasteiger partial charge in [0.2, 0.25) is 0 Å². The van der Waals surface area contributed by atoms with E-state index in [1.807, 2.05) is 12.1 Å². The summed E-state index contributed by atoms with van der Waals surface area (Å²) < 4.78 is 1.66. The molecule has 0 aromatic carbocycles. The third-order valence-electron chi connectivity index (χ3n) is 5.13. The van der Waals surface area contributed by atoms with Crippen molar-refractivity contribution in [3.05, 3.63) is 52.1 Å². The molecular weight excluding hydrogens is 314 g/mol. The number of aromatic nitrogens is 3. The highest BCUT2D eigenvalue weighted by Gasteiger charge is 2.26. The molecule has 1 aliphatic heterocycles. The predicted molar refractivity (Wildman–Crippen MR) is 94.4 cm³/mol. The molecule has 1 saturated carbocycles. The Labute approximate surface area is 146 Å². The molecule has 2 aromatic heterocycles. The fraction of sp³-hybridized carbons (Fsp3) is 0.474. The summed E-state index contributed by atoms with van der Waals surface area (Å²) >= 11 is 0. The topological polar surface area (TPSA) is 74.8 Å². The van der Waals surface area contributed by atoms with E-state index < -0.39 is 0 Å². The maximum Gasteiger partial charge on any atom is 0.266 e. The van der Waals surface area contributed by atoms with Crippen LogP contribution in [0.5, 0.6) is 0 Å². The minimum atomic E-state index is 0.000545. The van der Waals surface area contributed by atoms with Gasteiger partial charge in [-0.05, 0) is 49.8 Å². The number of nitriles is 1. The van der Waals surface area contributed by atoms with Crippen LogP contribution in [0.4, 0.5) is 5.82 Å². The molecule has 0 unspecified atom stereocenters. The zero-order chi connectivity index (χ0) is 17.2. The van der Waals surface area contributed by atoms with Crippen molar-refractivity contribution < 1.29 is 0 Å². The standard InChI is InChI=1S/C19H21N5O/c20-11-15-1-5-18(21-12-15)23-9-7-14(8-10-23)13-24-19(25)6-4-17(22-24)16-2-3-16/h1,4-6,12,14,16H,2-3,7-10,13H2. The number of piperidine rings is 1. The van der Waals surface area contributed by atoms with Crippen molar-refractivity contribution >= 4 is 5.82 Å². The lowest BCUT2D eigenvalue weighted by atomic mass is 9.97. The maximum absolute atomic E-state index is 12.1. The van der Waals surface area contributed by atoms with Crippen molar-refractivity contribution in [3.8, 4) is 6.07 Å². The fourth-order valence-corrected chi connectivity index (χ4v) is 3.42. The van der Waals surface area contributed by atoms with Gasteiger partial charge in [-0.2, -0.15) is 10.4 Å². The largest absolute Gasteiger partial charge is 0.357 e. The molecule has 128 valence electrons. The summed E-state index contributed by atoms with van der Waals surface area (Å²) in [6.45, 7) is 2.54. The van der Waals surface area contributed by atoms with E-state index in [1.54, 1.807) is 23.0 Å². The van der Waals surface area contributed by atoms with Crippen LogP contribution in [0.25, 0.3) is 0 Å². The third-order valence-corrected chi connectivity index (χ3v) is 5.13. The molecular formula is C19H21N5O. The van der Waals surface area contributed by atoms with Crippen LogP contribution in [0.2, 0.25) is 0 Å². The summed E-state index contributed by atoms with van der Waals surface area (Å²) in [4.78, 5) is 18.7. The molecule has 0 N–H and O–H groups in total. The maximum atomic E-state index is 12.1. The highest BCUT2D eigenvalue weighted by Crippen LogP contribution is 2.38. The van der Waals surface area contributed by atoms with Gasteiger partial charge in [0, 0.05) is 37.8 Å². The van der Waals surface area contributed by atoms with Gasteiger partial charge in [0.25, 0.3) is 5.56 Å². The normalized spacial score (nSPS) is 18.1. The van der Waals surface area contributed by atoms with Crippen molar-refractivity contribution in [2.45, 2.75) is 38.1 Å².